The van der Waals surface area contributed by atoms with E-state index in [1.807, 2.05) is 0 Å². The summed E-state index contributed by atoms with van der Waals surface area (Å²) in [5.41, 5.74) is 1.01. The van der Waals surface area contributed by atoms with E-state index in [4.69, 9.17) is 10.00 Å². The van der Waals surface area contributed by atoms with Gasteiger partial charge in [0.2, 0.25) is 0 Å². The Morgan fingerprint density at radius 3 is 2.77 bits per heavy atom. The van der Waals surface area contributed by atoms with Crippen LogP contribution in [-0.4, -0.2) is 30.2 Å². The van der Waals surface area contributed by atoms with Crippen LogP contribution >= 0.6 is 0 Å². The summed E-state index contributed by atoms with van der Waals surface area (Å²) in [6.45, 7) is 4.51. The lowest BCUT2D eigenvalue weighted by Gasteiger charge is -2.60. The molecule has 0 aliphatic heterocycles. The zero-order valence-electron chi connectivity index (χ0n) is 16.2. The van der Waals surface area contributed by atoms with Gasteiger partial charge in [0.15, 0.2) is 0 Å². The fraction of sp³-hybridized carbons (Fsp3) is 0.818. The number of rotatable bonds is 1. The zero-order valence-corrected chi connectivity index (χ0v) is 16.2. The van der Waals surface area contributed by atoms with Crippen LogP contribution in [0.4, 0.5) is 0 Å². The molecule has 0 radical (unpaired) electrons. The molecule has 0 saturated heterocycles. The quantitative estimate of drug-likeness (QED) is 0.727. The molecule has 142 valence electrons. The van der Waals surface area contributed by atoms with Crippen LogP contribution in [0.1, 0.15) is 58.8 Å². The normalized spacial score (nSPS) is 52.1. The van der Waals surface area contributed by atoms with Gasteiger partial charge in [0.25, 0.3) is 0 Å². The number of carbonyl (C=O) groups is 1. The Bertz CT molecular complexity index is 679. The minimum absolute atomic E-state index is 0.0665. The van der Waals surface area contributed by atoms with Crippen LogP contribution in [0, 0.1) is 45.8 Å². The van der Waals surface area contributed by atoms with E-state index in [2.05, 4.69) is 19.9 Å². The first-order valence-electron chi connectivity index (χ1n) is 10.2. The van der Waals surface area contributed by atoms with Gasteiger partial charge in [-0.3, -0.25) is 4.79 Å². The molecule has 0 aromatic heterocycles. The molecule has 26 heavy (non-hydrogen) atoms. The summed E-state index contributed by atoms with van der Waals surface area (Å²) in [5, 5.41) is 19.6. The Morgan fingerprint density at radius 2 is 2.08 bits per heavy atom. The Kier molecular flexibility index (Phi) is 4.32. The topological polar surface area (TPSA) is 70.3 Å². The third-order valence-electron chi connectivity index (χ3n) is 8.74. The number of aliphatic hydroxyl groups excluding tert-OH is 1. The first-order valence-corrected chi connectivity index (χ1v) is 10.2. The number of aliphatic hydroxyl groups is 1. The second kappa shape index (κ2) is 6.17. The van der Waals surface area contributed by atoms with Crippen molar-refractivity contribution in [2.45, 2.75) is 71.0 Å². The van der Waals surface area contributed by atoms with Gasteiger partial charge in [0, 0.05) is 25.5 Å². The van der Waals surface area contributed by atoms with Gasteiger partial charge in [0.1, 0.15) is 5.78 Å². The van der Waals surface area contributed by atoms with Gasteiger partial charge in [-0.2, -0.15) is 5.26 Å². The van der Waals surface area contributed by atoms with Crippen LogP contribution in [0.2, 0.25) is 0 Å². The number of carbonyl (C=O) groups excluding carboxylic acids is 1. The van der Waals surface area contributed by atoms with Gasteiger partial charge in [-0.05, 0) is 67.1 Å². The summed E-state index contributed by atoms with van der Waals surface area (Å²) >= 11 is 0. The number of allylic oxidation sites excluding steroid dienone is 2. The van der Waals surface area contributed by atoms with Crippen molar-refractivity contribution >= 4 is 5.78 Å². The first kappa shape index (κ1) is 18.2. The molecule has 0 aromatic rings. The Morgan fingerprint density at radius 1 is 1.31 bits per heavy atom. The van der Waals surface area contributed by atoms with E-state index in [0.717, 1.165) is 38.5 Å². The predicted molar refractivity (Wildman–Crippen MR) is 98.0 cm³/mol. The van der Waals surface area contributed by atoms with Crippen LogP contribution in [0.3, 0.4) is 0 Å². The first-order chi connectivity index (χ1) is 12.3. The minimum Gasteiger partial charge on any atom is -0.390 e. The number of nitriles is 1. The molecule has 4 nitrogen and oxygen atoms in total. The number of methoxy groups -OCH3 is 1. The molecule has 4 aliphatic carbocycles. The lowest BCUT2D eigenvalue weighted by molar-refractivity contribution is -0.173. The van der Waals surface area contributed by atoms with Gasteiger partial charge in [-0.25, -0.2) is 0 Å². The second-order valence-electron chi connectivity index (χ2n) is 9.71. The van der Waals surface area contributed by atoms with Crippen molar-refractivity contribution in [3.63, 3.8) is 0 Å². The number of Topliss-reactive ketones (excluding diaryl/α,β-unsaturated/α-hetero) is 1. The molecule has 0 unspecified atom stereocenters. The summed E-state index contributed by atoms with van der Waals surface area (Å²) in [7, 11) is 1.67. The van der Waals surface area contributed by atoms with E-state index in [0.29, 0.717) is 30.0 Å². The van der Waals surface area contributed by atoms with E-state index < -0.39 is 6.10 Å². The van der Waals surface area contributed by atoms with Crippen LogP contribution in [0.5, 0.6) is 0 Å². The van der Waals surface area contributed by atoms with Crippen LogP contribution in [0.15, 0.2) is 11.6 Å². The highest BCUT2D eigenvalue weighted by Crippen LogP contribution is 2.66. The van der Waals surface area contributed by atoms with Crippen molar-refractivity contribution in [3.8, 4) is 6.07 Å². The molecule has 0 amide bonds. The number of nitrogens with zero attached hydrogens (tertiary/aromatic N) is 1. The highest BCUT2D eigenvalue weighted by molar-refractivity contribution is 5.85. The molecule has 4 rings (SSSR count). The van der Waals surface area contributed by atoms with E-state index in [1.165, 1.54) is 5.57 Å². The van der Waals surface area contributed by atoms with Gasteiger partial charge < -0.3 is 9.84 Å². The van der Waals surface area contributed by atoms with E-state index in [-0.39, 0.29) is 22.9 Å². The maximum atomic E-state index is 13.4. The third kappa shape index (κ3) is 2.36. The summed E-state index contributed by atoms with van der Waals surface area (Å²) in [6.07, 6.45) is 7.51. The SMILES string of the molecule is CO[C@H]1C[C@@]2(C)[C@@H](CC[C@@H]3[C@@H]2C(=O)C[C@]2(C)/C(=C\C#N)CC[C@@H]32)C[C@@H]1O. The fourth-order valence-corrected chi connectivity index (χ4v) is 7.48. The Labute approximate surface area is 156 Å². The van der Waals surface area contributed by atoms with Crippen molar-refractivity contribution in [1.82, 2.24) is 0 Å². The molecule has 0 aromatic carbocycles. The highest BCUT2D eigenvalue weighted by Gasteiger charge is 2.63. The summed E-state index contributed by atoms with van der Waals surface area (Å²) in [4.78, 5) is 13.4. The van der Waals surface area contributed by atoms with Crippen molar-refractivity contribution in [2.75, 3.05) is 7.11 Å². The van der Waals surface area contributed by atoms with Crippen molar-refractivity contribution in [3.05, 3.63) is 11.6 Å². The lowest BCUT2D eigenvalue weighted by Crippen LogP contribution is -2.59. The summed E-state index contributed by atoms with van der Waals surface area (Å²) in [6, 6.07) is 2.21. The van der Waals surface area contributed by atoms with Crippen molar-refractivity contribution in [1.29, 1.82) is 5.26 Å². The smallest absolute Gasteiger partial charge is 0.137 e. The standard InChI is InChI=1S/C22H31NO3/c1-21-11-18(25)20-15(16(21)7-5-13(21)8-9-23)6-4-14-10-17(24)19(26-3)12-22(14,20)2/h8,14-17,19-20,24H,4-7,10-12H2,1-3H3/b13-8-/t14-,15-,16-,17-,19-,20+,21+,22-/m0/s1. The van der Waals surface area contributed by atoms with Crippen molar-refractivity contribution < 1.29 is 14.6 Å². The molecule has 0 bridgehead atoms. The minimum atomic E-state index is -0.407. The number of ketones is 1. The lowest BCUT2D eigenvalue weighted by atomic mass is 9.44. The molecule has 8 atom stereocenters. The van der Waals surface area contributed by atoms with E-state index in [9.17, 15) is 9.90 Å². The zero-order chi connectivity index (χ0) is 18.7. The maximum absolute atomic E-state index is 13.4. The molecule has 4 aliphatic rings. The van der Waals surface area contributed by atoms with Gasteiger partial charge in [-0.15, -0.1) is 0 Å². The molecule has 4 saturated carbocycles. The highest BCUT2D eigenvalue weighted by atomic mass is 16.5. The predicted octanol–water partition coefficient (Wildman–Crippen LogP) is 3.64. The molecule has 4 heteroatoms. The number of hydrogen-bond acceptors (Lipinski definition) is 4. The van der Waals surface area contributed by atoms with Gasteiger partial charge in [-0.1, -0.05) is 19.4 Å². The Hall–Kier alpha value is -1.18. The Balaban J connectivity index is 1.70. The second-order valence-corrected chi connectivity index (χ2v) is 9.71. The number of ether oxygens (including phenoxy) is 1. The summed E-state index contributed by atoms with van der Waals surface area (Å²) in [5.74, 6) is 1.81. The van der Waals surface area contributed by atoms with Gasteiger partial charge in [0.05, 0.1) is 18.3 Å². The monoisotopic (exact) mass is 357 g/mol. The van der Waals surface area contributed by atoms with Crippen LogP contribution < -0.4 is 0 Å². The van der Waals surface area contributed by atoms with Crippen molar-refractivity contribution in [2.24, 2.45) is 34.5 Å². The summed E-state index contributed by atoms with van der Waals surface area (Å²) < 4.78 is 5.58. The maximum Gasteiger partial charge on any atom is 0.137 e. The fourth-order valence-electron chi connectivity index (χ4n) is 7.48. The number of fused-ring (bicyclic) bond motifs is 5. The third-order valence-corrected chi connectivity index (χ3v) is 8.74. The molecular weight excluding hydrogens is 326 g/mol. The van der Waals surface area contributed by atoms with Crippen LogP contribution in [0.25, 0.3) is 0 Å². The molecule has 4 fully saturated rings. The molecular formula is C22H31NO3. The number of hydrogen-bond donors (Lipinski definition) is 1. The average Bonchev–Trinajstić information content (AvgIpc) is 2.91. The van der Waals surface area contributed by atoms with Crippen LogP contribution in [-0.2, 0) is 9.53 Å². The molecule has 0 heterocycles. The van der Waals surface area contributed by atoms with E-state index >= 15 is 0 Å². The molecule has 0 spiro atoms. The molecule has 1 N–H and O–H groups in total. The average molecular weight is 357 g/mol. The van der Waals surface area contributed by atoms with E-state index in [1.54, 1.807) is 13.2 Å². The van der Waals surface area contributed by atoms with Gasteiger partial charge >= 0.3 is 0 Å². The largest absolute Gasteiger partial charge is 0.390 e.